The van der Waals surface area contributed by atoms with E-state index in [1.54, 1.807) is 24.5 Å². The Hall–Kier alpha value is -3.19. The van der Waals surface area contributed by atoms with E-state index in [9.17, 15) is 4.79 Å². The Labute approximate surface area is 150 Å². The van der Waals surface area contributed by atoms with Crippen LogP contribution < -0.4 is 10.2 Å². The van der Waals surface area contributed by atoms with Gasteiger partial charge in [-0.25, -0.2) is 0 Å². The van der Waals surface area contributed by atoms with Crippen molar-refractivity contribution in [1.29, 1.82) is 0 Å². The second-order valence-corrected chi connectivity index (χ2v) is 5.89. The highest BCUT2D eigenvalue weighted by Gasteiger charge is 2.18. The molecule has 0 saturated carbocycles. The van der Waals surface area contributed by atoms with Crippen LogP contribution in [0.4, 0.5) is 11.4 Å². The van der Waals surface area contributed by atoms with Gasteiger partial charge < -0.3 is 19.5 Å². The predicted octanol–water partition coefficient (Wildman–Crippen LogP) is 2.83. The Bertz CT molecular complexity index is 889. The summed E-state index contributed by atoms with van der Waals surface area (Å²) in [6.45, 7) is 2.95. The Morgan fingerprint density at radius 3 is 2.77 bits per heavy atom. The third-order valence-electron chi connectivity index (χ3n) is 4.19. The number of aromatic nitrogens is 2. The molecule has 1 aromatic carbocycles. The van der Waals surface area contributed by atoms with E-state index in [4.69, 9.17) is 9.26 Å². The summed E-state index contributed by atoms with van der Waals surface area (Å²) in [5.74, 6) is 0.189. The lowest BCUT2D eigenvalue weighted by molar-refractivity contribution is 0.101. The fourth-order valence-corrected chi connectivity index (χ4v) is 2.87. The maximum Gasteiger partial charge on any atom is 0.277 e. The number of hydrogen-bond acceptors (Lipinski definition) is 6. The number of hydrogen-bond donors (Lipinski definition) is 1. The lowest BCUT2D eigenvalue weighted by Crippen LogP contribution is -2.36. The minimum Gasteiger partial charge on any atom is -0.378 e. The van der Waals surface area contributed by atoms with Gasteiger partial charge in [0, 0.05) is 37.1 Å². The fraction of sp³-hybridized carbons (Fsp3) is 0.211. The normalized spacial score (nSPS) is 14.2. The molecule has 0 bridgehead atoms. The molecule has 1 fully saturated rings. The molecule has 0 atom stereocenters. The summed E-state index contributed by atoms with van der Waals surface area (Å²) >= 11 is 0. The third-order valence-corrected chi connectivity index (χ3v) is 4.19. The number of morpholine rings is 1. The van der Waals surface area contributed by atoms with Crippen molar-refractivity contribution < 1.29 is 14.1 Å². The molecule has 132 valence electrons. The van der Waals surface area contributed by atoms with Crippen molar-refractivity contribution in [2.45, 2.75) is 0 Å². The number of para-hydroxylation sites is 2. The highest BCUT2D eigenvalue weighted by atomic mass is 16.5. The average Bonchev–Trinajstić information content (AvgIpc) is 3.20. The zero-order chi connectivity index (χ0) is 17.8. The number of nitrogens with zero attached hydrogens (tertiary/aromatic N) is 3. The average molecular weight is 350 g/mol. The summed E-state index contributed by atoms with van der Waals surface area (Å²) in [6.07, 6.45) is 3.34. The molecule has 3 heterocycles. The minimum atomic E-state index is -0.315. The first kappa shape index (κ1) is 16.3. The van der Waals surface area contributed by atoms with Gasteiger partial charge in [0.25, 0.3) is 5.91 Å². The standard InChI is InChI=1S/C19H18N4O3/c24-19(16-12-18(26-22-16)14-4-3-7-20-13-14)21-15-5-1-2-6-17(15)23-8-10-25-11-9-23/h1-7,12-13H,8-11H2,(H,21,24). The minimum absolute atomic E-state index is 0.223. The Morgan fingerprint density at radius 2 is 1.96 bits per heavy atom. The van der Waals surface area contributed by atoms with E-state index in [2.05, 4.69) is 20.4 Å². The summed E-state index contributed by atoms with van der Waals surface area (Å²) in [5.41, 5.74) is 2.71. The van der Waals surface area contributed by atoms with Crippen LogP contribution in [0.1, 0.15) is 10.5 Å². The summed E-state index contributed by atoms with van der Waals surface area (Å²) in [5, 5.41) is 6.81. The van der Waals surface area contributed by atoms with E-state index in [1.807, 2.05) is 30.3 Å². The molecule has 7 nitrogen and oxygen atoms in total. The molecular weight excluding hydrogens is 332 g/mol. The molecule has 2 aromatic heterocycles. The summed E-state index contributed by atoms with van der Waals surface area (Å²) in [4.78, 5) is 18.8. The fourth-order valence-electron chi connectivity index (χ4n) is 2.87. The Kier molecular flexibility index (Phi) is 4.61. The Morgan fingerprint density at radius 1 is 1.12 bits per heavy atom. The number of pyridine rings is 1. The van der Waals surface area contributed by atoms with Gasteiger partial charge in [-0.3, -0.25) is 9.78 Å². The first-order chi connectivity index (χ1) is 12.8. The van der Waals surface area contributed by atoms with Crippen molar-refractivity contribution in [2.75, 3.05) is 36.5 Å². The van der Waals surface area contributed by atoms with Gasteiger partial charge in [-0.05, 0) is 24.3 Å². The lowest BCUT2D eigenvalue weighted by Gasteiger charge is -2.30. The van der Waals surface area contributed by atoms with E-state index < -0.39 is 0 Å². The Balaban J connectivity index is 1.53. The van der Waals surface area contributed by atoms with Crippen LogP contribution in [0, 0.1) is 0 Å². The molecule has 4 rings (SSSR count). The molecule has 1 amide bonds. The van der Waals surface area contributed by atoms with Gasteiger partial charge in [0.05, 0.1) is 24.6 Å². The van der Waals surface area contributed by atoms with E-state index >= 15 is 0 Å². The van der Waals surface area contributed by atoms with Gasteiger partial charge >= 0.3 is 0 Å². The van der Waals surface area contributed by atoms with Crippen molar-refractivity contribution in [2.24, 2.45) is 0 Å². The molecule has 0 unspecified atom stereocenters. The van der Waals surface area contributed by atoms with Gasteiger partial charge in [-0.1, -0.05) is 17.3 Å². The largest absolute Gasteiger partial charge is 0.378 e. The number of rotatable bonds is 4. The highest BCUT2D eigenvalue weighted by molar-refractivity contribution is 6.05. The zero-order valence-electron chi connectivity index (χ0n) is 14.1. The van der Waals surface area contributed by atoms with Crippen LogP contribution in [-0.2, 0) is 4.74 Å². The maximum atomic E-state index is 12.6. The molecule has 1 aliphatic rings. The quantitative estimate of drug-likeness (QED) is 0.779. The predicted molar refractivity (Wildman–Crippen MR) is 97.2 cm³/mol. The van der Waals surface area contributed by atoms with Crippen LogP contribution >= 0.6 is 0 Å². The van der Waals surface area contributed by atoms with Crippen LogP contribution in [0.25, 0.3) is 11.3 Å². The van der Waals surface area contributed by atoms with Crippen LogP contribution in [0.5, 0.6) is 0 Å². The molecule has 3 aromatic rings. The van der Waals surface area contributed by atoms with E-state index in [-0.39, 0.29) is 11.6 Å². The second kappa shape index (κ2) is 7.37. The molecule has 0 aliphatic carbocycles. The molecule has 7 heteroatoms. The molecule has 1 saturated heterocycles. The van der Waals surface area contributed by atoms with Crippen molar-refractivity contribution >= 4 is 17.3 Å². The lowest BCUT2D eigenvalue weighted by atomic mass is 10.2. The summed E-state index contributed by atoms with van der Waals surface area (Å²) in [6, 6.07) is 13.0. The van der Waals surface area contributed by atoms with Crippen LogP contribution in [0.2, 0.25) is 0 Å². The number of carbonyl (C=O) groups excluding carboxylic acids is 1. The molecule has 26 heavy (non-hydrogen) atoms. The summed E-state index contributed by atoms with van der Waals surface area (Å²) in [7, 11) is 0. The number of anilines is 2. The first-order valence-corrected chi connectivity index (χ1v) is 8.41. The van der Waals surface area contributed by atoms with Crippen molar-refractivity contribution in [3.8, 4) is 11.3 Å². The van der Waals surface area contributed by atoms with Gasteiger partial charge in [0.2, 0.25) is 0 Å². The summed E-state index contributed by atoms with van der Waals surface area (Å²) < 4.78 is 10.7. The monoisotopic (exact) mass is 350 g/mol. The highest BCUT2D eigenvalue weighted by Crippen LogP contribution is 2.27. The molecular formula is C19H18N4O3. The van der Waals surface area contributed by atoms with Gasteiger partial charge in [-0.15, -0.1) is 0 Å². The van der Waals surface area contributed by atoms with Crippen LogP contribution in [0.3, 0.4) is 0 Å². The number of carbonyl (C=O) groups is 1. The topological polar surface area (TPSA) is 80.5 Å². The van der Waals surface area contributed by atoms with Crippen molar-refractivity contribution in [3.05, 3.63) is 60.6 Å². The van der Waals surface area contributed by atoms with Gasteiger partial charge in [0.1, 0.15) is 0 Å². The second-order valence-electron chi connectivity index (χ2n) is 5.89. The number of benzene rings is 1. The SMILES string of the molecule is O=C(Nc1ccccc1N1CCOCC1)c1cc(-c2cccnc2)on1. The molecule has 1 N–H and O–H groups in total. The number of nitrogens with one attached hydrogen (secondary N) is 1. The van der Waals surface area contributed by atoms with Gasteiger partial charge in [0.15, 0.2) is 11.5 Å². The third kappa shape index (κ3) is 3.43. The molecule has 1 aliphatic heterocycles. The van der Waals surface area contributed by atoms with Crippen molar-refractivity contribution in [3.63, 3.8) is 0 Å². The first-order valence-electron chi connectivity index (χ1n) is 8.41. The molecule has 0 radical (unpaired) electrons. The van der Waals surface area contributed by atoms with Crippen LogP contribution in [0.15, 0.2) is 59.4 Å². The van der Waals surface area contributed by atoms with E-state index in [0.717, 1.165) is 30.0 Å². The smallest absolute Gasteiger partial charge is 0.277 e. The van der Waals surface area contributed by atoms with Crippen LogP contribution in [-0.4, -0.2) is 42.4 Å². The molecule has 0 spiro atoms. The number of amides is 1. The zero-order valence-corrected chi connectivity index (χ0v) is 14.1. The van der Waals surface area contributed by atoms with E-state index in [0.29, 0.717) is 19.0 Å². The van der Waals surface area contributed by atoms with Crippen molar-refractivity contribution in [1.82, 2.24) is 10.1 Å². The number of ether oxygens (including phenoxy) is 1. The van der Waals surface area contributed by atoms with E-state index in [1.165, 1.54) is 0 Å². The van der Waals surface area contributed by atoms with Gasteiger partial charge in [-0.2, -0.15) is 0 Å². The maximum absolute atomic E-state index is 12.6.